The molecule has 0 spiro atoms. The van der Waals surface area contributed by atoms with Gasteiger partial charge >= 0.3 is 6.03 Å². The maximum Gasteiger partial charge on any atom is 0.319 e. The van der Waals surface area contributed by atoms with Crippen LogP contribution in [0.5, 0.6) is 0 Å². The Morgan fingerprint density at radius 2 is 1.75 bits per heavy atom. The van der Waals surface area contributed by atoms with Gasteiger partial charge in [-0.25, -0.2) is 4.79 Å². The van der Waals surface area contributed by atoms with E-state index in [1.165, 1.54) is 16.0 Å². The fraction of sp³-hybridized carbons (Fsp3) is 0.350. The van der Waals surface area contributed by atoms with E-state index in [0.717, 1.165) is 17.9 Å². The van der Waals surface area contributed by atoms with Gasteiger partial charge in [-0.3, -0.25) is 0 Å². The van der Waals surface area contributed by atoms with Gasteiger partial charge in [-0.2, -0.15) is 0 Å². The number of hydrogen-bond acceptors (Lipinski definition) is 2. The maximum absolute atomic E-state index is 12.0. The number of benzene rings is 2. The summed E-state index contributed by atoms with van der Waals surface area (Å²) in [5.74, 6) is 1.39. The highest BCUT2D eigenvalue weighted by atomic mass is 32.2. The molecule has 0 fully saturated rings. The Morgan fingerprint density at radius 1 is 1.08 bits per heavy atom. The second-order valence-corrected chi connectivity index (χ2v) is 7.21. The van der Waals surface area contributed by atoms with Crippen LogP contribution in [0, 0.1) is 12.8 Å². The minimum absolute atomic E-state index is 0.147. The summed E-state index contributed by atoms with van der Waals surface area (Å²) in [6.45, 7) is 7.02. The smallest absolute Gasteiger partial charge is 0.319 e. The van der Waals surface area contributed by atoms with Gasteiger partial charge in [0.15, 0.2) is 0 Å². The first-order valence-electron chi connectivity index (χ1n) is 8.40. The molecule has 0 heterocycles. The van der Waals surface area contributed by atoms with Gasteiger partial charge in [0, 0.05) is 22.9 Å². The third kappa shape index (κ3) is 6.28. The predicted molar refractivity (Wildman–Crippen MR) is 104 cm³/mol. The molecule has 2 amide bonds. The zero-order valence-corrected chi connectivity index (χ0v) is 15.5. The molecule has 0 radical (unpaired) electrons. The molecule has 2 aromatic carbocycles. The van der Waals surface area contributed by atoms with Crippen LogP contribution in [0.4, 0.5) is 10.5 Å². The minimum Gasteiger partial charge on any atom is -0.338 e. The Kier molecular flexibility index (Phi) is 7.19. The lowest BCUT2D eigenvalue weighted by atomic mass is 10.1. The van der Waals surface area contributed by atoms with Crippen molar-refractivity contribution in [1.29, 1.82) is 0 Å². The van der Waals surface area contributed by atoms with Crippen LogP contribution in [-0.2, 0) is 6.42 Å². The molecule has 128 valence electrons. The molecule has 2 aromatic rings. The monoisotopic (exact) mass is 342 g/mol. The summed E-state index contributed by atoms with van der Waals surface area (Å²) < 4.78 is 0. The maximum atomic E-state index is 12.0. The molecule has 0 aliphatic heterocycles. The van der Waals surface area contributed by atoms with E-state index >= 15 is 0 Å². The summed E-state index contributed by atoms with van der Waals surface area (Å²) in [7, 11) is 0. The molecular formula is C20H26N2OS. The van der Waals surface area contributed by atoms with Crippen molar-refractivity contribution in [3.8, 4) is 0 Å². The summed E-state index contributed by atoms with van der Waals surface area (Å²) in [6, 6.07) is 16.4. The molecule has 2 rings (SSSR count). The van der Waals surface area contributed by atoms with E-state index in [4.69, 9.17) is 0 Å². The van der Waals surface area contributed by atoms with E-state index in [2.05, 4.69) is 55.7 Å². The highest BCUT2D eigenvalue weighted by Gasteiger charge is 2.07. The average Bonchev–Trinajstić information content (AvgIpc) is 2.60. The number of rotatable bonds is 7. The van der Waals surface area contributed by atoms with E-state index in [1.54, 1.807) is 0 Å². The van der Waals surface area contributed by atoms with Crippen LogP contribution in [0.15, 0.2) is 53.4 Å². The first kappa shape index (κ1) is 18.4. The van der Waals surface area contributed by atoms with Crippen LogP contribution in [0.25, 0.3) is 0 Å². The lowest BCUT2D eigenvalue weighted by molar-refractivity contribution is 0.251. The number of carbonyl (C=O) groups excluding carboxylic acids is 1. The number of aryl methyl sites for hydroxylation is 2. The molecule has 0 aliphatic rings. The summed E-state index contributed by atoms with van der Waals surface area (Å²) >= 11 is 1.83. The highest BCUT2D eigenvalue weighted by molar-refractivity contribution is 7.99. The normalized spacial score (nSPS) is 11.8. The summed E-state index contributed by atoms with van der Waals surface area (Å²) in [5.41, 5.74) is 3.37. The Bertz CT molecular complexity index is 638. The topological polar surface area (TPSA) is 41.1 Å². The Balaban J connectivity index is 1.69. The van der Waals surface area contributed by atoms with E-state index in [9.17, 15) is 4.79 Å². The van der Waals surface area contributed by atoms with Crippen LogP contribution < -0.4 is 10.6 Å². The van der Waals surface area contributed by atoms with Gasteiger partial charge in [-0.15, -0.1) is 11.8 Å². The van der Waals surface area contributed by atoms with Crippen molar-refractivity contribution in [2.75, 3.05) is 17.6 Å². The molecule has 0 aliphatic carbocycles. The van der Waals surface area contributed by atoms with Crippen molar-refractivity contribution in [3.05, 3.63) is 59.7 Å². The van der Waals surface area contributed by atoms with E-state index < -0.39 is 0 Å². The van der Waals surface area contributed by atoms with Crippen molar-refractivity contribution in [3.63, 3.8) is 0 Å². The van der Waals surface area contributed by atoms with E-state index in [-0.39, 0.29) is 6.03 Å². The van der Waals surface area contributed by atoms with Crippen molar-refractivity contribution in [1.82, 2.24) is 5.32 Å². The number of urea groups is 1. The number of amides is 2. The molecule has 1 atom stereocenters. The Morgan fingerprint density at radius 3 is 2.38 bits per heavy atom. The van der Waals surface area contributed by atoms with Gasteiger partial charge in [0.1, 0.15) is 0 Å². The van der Waals surface area contributed by atoms with Crippen LogP contribution in [0.3, 0.4) is 0 Å². The first-order chi connectivity index (χ1) is 11.6. The summed E-state index contributed by atoms with van der Waals surface area (Å²) in [6.07, 6.45) is 1.00. The van der Waals surface area contributed by atoms with Crippen LogP contribution in [-0.4, -0.2) is 18.3 Å². The number of thioether (sulfide) groups is 1. The van der Waals surface area contributed by atoms with Gasteiger partial charge < -0.3 is 10.6 Å². The Labute approximate surface area is 149 Å². The highest BCUT2D eigenvalue weighted by Crippen LogP contribution is 2.20. The molecule has 0 bridgehead atoms. The van der Waals surface area contributed by atoms with E-state index in [1.807, 2.05) is 36.0 Å². The molecule has 4 heteroatoms. The third-order valence-electron chi connectivity index (χ3n) is 3.79. The van der Waals surface area contributed by atoms with Gasteiger partial charge in [0.05, 0.1) is 0 Å². The lowest BCUT2D eigenvalue weighted by Crippen LogP contribution is -2.32. The van der Waals surface area contributed by atoms with Gasteiger partial charge in [-0.1, -0.05) is 43.7 Å². The molecule has 2 N–H and O–H groups in total. The lowest BCUT2D eigenvalue weighted by Gasteiger charge is -2.13. The van der Waals surface area contributed by atoms with Crippen molar-refractivity contribution in [2.45, 2.75) is 32.1 Å². The fourth-order valence-electron chi connectivity index (χ4n) is 2.20. The fourth-order valence-corrected chi connectivity index (χ4v) is 3.12. The van der Waals surface area contributed by atoms with Crippen molar-refractivity contribution < 1.29 is 4.79 Å². The minimum atomic E-state index is -0.147. The SMILES string of the molecule is CCc1ccc(NC(=O)NC[C@H](C)CSc2ccc(C)cc2)cc1. The second-order valence-electron chi connectivity index (χ2n) is 6.11. The molecule has 0 saturated heterocycles. The van der Waals surface area contributed by atoms with Crippen LogP contribution >= 0.6 is 11.8 Å². The number of anilines is 1. The first-order valence-corrected chi connectivity index (χ1v) is 9.38. The molecule has 3 nitrogen and oxygen atoms in total. The Hall–Kier alpha value is -1.94. The van der Waals surface area contributed by atoms with Crippen LogP contribution in [0.1, 0.15) is 25.0 Å². The third-order valence-corrected chi connectivity index (χ3v) is 5.13. The zero-order valence-electron chi connectivity index (χ0n) is 14.6. The number of carbonyl (C=O) groups is 1. The van der Waals surface area contributed by atoms with Gasteiger partial charge in [0.2, 0.25) is 0 Å². The van der Waals surface area contributed by atoms with E-state index in [0.29, 0.717) is 12.5 Å². The molecular weight excluding hydrogens is 316 g/mol. The second kappa shape index (κ2) is 9.38. The number of nitrogens with one attached hydrogen (secondary N) is 2. The predicted octanol–water partition coefficient (Wildman–Crippen LogP) is 5.11. The average molecular weight is 343 g/mol. The molecule has 0 saturated carbocycles. The molecule has 0 unspecified atom stereocenters. The standard InChI is InChI=1S/C20H26N2OS/c1-4-17-7-9-18(10-8-17)22-20(23)21-13-16(3)14-24-19-11-5-15(2)6-12-19/h5-12,16H,4,13-14H2,1-3H3,(H2,21,22,23)/t16-/m0/s1. The molecule has 0 aromatic heterocycles. The van der Waals surface area contributed by atoms with Gasteiger partial charge in [-0.05, 0) is 49.1 Å². The van der Waals surface area contributed by atoms with Crippen molar-refractivity contribution in [2.24, 2.45) is 5.92 Å². The molecule has 24 heavy (non-hydrogen) atoms. The summed E-state index contributed by atoms with van der Waals surface area (Å²) in [4.78, 5) is 13.2. The zero-order chi connectivity index (χ0) is 17.4. The summed E-state index contributed by atoms with van der Waals surface area (Å²) in [5, 5.41) is 5.81. The van der Waals surface area contributed by atoms with Crippen LogP contribution in [0.2, 0.25) is 0 Å². The van der Waals surface area contributed by atoms with Crippen molar-refractivity contribution >= 4 is 23.5 Å². The number of hydrogen-bond donors (Lipinski definition) is 2. The van der Waals surface area contributed by atoms with Gasteiger partial charge in [0.25, 0.3) is 0 Å². The largest absolute Gasteiger partial charge is 0.338 e. The quantitative estimate of drug-likeness (QED) is 0.687.